The van der Waals surface area contributed by atoms with Gasteiger partial charge in [0.25, 0.3) is 0 Å². The molecule has 3 heteroatoms. The highest BCUT2D eigenvalue weighted by Gasteiger charge is 2.23. The molecule has 1 N–H and O–H groups in total. The van der Waals surface area contributed by atoms with Crippen LogP contribution in [0.15, 0.2) is 18.3 Å². The van der Waals surface area contributed by atoms with Crippen LogP contribution in [0.3, 0.4) is 0 Å². The van der Waals surface area contributed by atoms with Crippen molar-refractivity contribution in [1.29, 1.82) is 0 Å². The zero-order valence-corrected chi connectivity index (χ0v) is 9.19. The SMILES string of the molecule is Cc1ccc(CN2CCC[C@H]2CO)nc1. The number of aromatic nitrogens is 1. The maximum atomic E-state index is 9.20. The molecule has 2 heterocycles. The maximum absolute atomic E-state index is 9.20. The predicted molar refractivity (Wildman–Crippen MR) is 59.5 cm³/mol. The molecule has 0 aromatic carbocycles. The van der Waals surface area contributed by atoms with E-state index in [1.165, 1.54) is 12.0 Å². The van der Waals surface area contributed by atoms with E-state index in [0.717, 1.165) is 25.2 Å². The fourth-order valence-corrected chi connectivity index (χ4v) is 2.11. The average molecular weight is 206 g/mol. The molecule has 0 aliphatic carbocycles. The predicted octanol–water partition coefficient (Wildman–Crippen LogP) is 1.35. The monoisotopic (exact) mass is 206 g/mol. The Bertz CT molecular complexity index is 310. The third-order valence-corrected chi connectivity index (χ3v) is 3.05. The molecule has 15 heavy (non-hydrogen) atoms. The molecule has 1 fully saturated rings. The number of pyridine rings is 1. The van der Waals surface area contributed by atoms with E-state index in [-0.39, 0.29) is 6.61 Å². The largest absolute Gasteiger partial charge is 0.395 e. The standard InChI is InChI=1S/C12H18N2O/c1-10-4-5-11(13-7-10)8-14-6-2-3-12(14)9-15/h4-5,7,12,15H,2-3,6,8-9H2,1H3/t12-/m0/s1. The van der Waals surface area contributed by atoms with Crippen molar-refractivity contribution in [2.45, 2.75) is 32.4 Å². The van der Waals surface area contributed by atoms with Crippen molar-refractivity contribution in [2.24, 2.45) is 0 Å². The molecule has 3 nitrogen and oxygen atoms in total. The number of aliphatic hydroxyl groups excluding tert-OH is 1. The highest BCUT2D eigenvalue weighted by Crippen LogP contribution is 2.18. The summed E-state index contributed by atoms with van der Waals surface area (Å²) < 4.78 is 0. The summed E-state index contributed by atoms with van der Waals surface area (Å²) in [7, 11) is 0. The van der Waals surface area contributed by atoms with E-state index < -0.39 is 0 Å². The van der Waals surface area contributed by atoms with Gasteiger partial charge in [0.05, 0.1) is 12.3 Å². The summed E-state index contributed by atoms with van der Waals surface area (Å²) in [5.41, 5.74) is 2.29. The first-order chi connectivity index (χ1) is 7.29. The molecule has 1 aliphatic rings. The number of aryl methyl sites for hydroxylation is 1. The third kappa shape index (κ3) is 2.55. The van der Waals surface area contributed by atoms with Crippen molar-refractivity contribution in [3.05, 3.63) is 29.6 Å². The third-order valence-electron chi connectivity index (χ3n) is 3.05. The minimum Gasteiger partial charge on any atom is -0.395 e. The van der Waals surface area contributed by atoms with Crippen LogP contribution in [0.4, 0.5) is 0 Å². The van der Waals surface area contributed by atoms with Gasteiger partial charge in [0.15, 0.2) is 0 Å². The molecule has 0 bridgehead atoms. The van der Waals surface area contributed by atoms with Gasteiger partial charge in [0.1, 0.15) is 0 Å². The number of aliphatic hydroxyl groups is 1. The maximum Gasteiger partial charge on any atom is 0.0587 e. The lowest BCUT2D eigenvalue weighted by Gasteiger charge is -2.21. The Morgan fingerprint density at radius 3 is 3.07 bits per heavy atom. The smallest absolute Gasteiger partial charge is 0.0587 e. The molecule has 1 aromatic heterocycles. The van der Waals surface area contributed by atoms with Gasteiger partial charge in [-0.1, -0.05) is 6.07 Å². The molecule has 0 amide bonds. The van der Waals surface area contributed by atoms with E-state index in [4.69, 9.17) is 0 Å². The van der Waals surface area contributed by atoms with E-state index in [9.17, 15) is 5.11 Å². The second-order valence-electron chi connectivity index (χ2n) is 4.28. The van der Waals surface area contributed by atoms with Gasteiger partial charge in [-0.25, -0.2) is 0 Å². The number of nitrogens with zero attached hydrogens (tertiary/aromatic N) is 2. The van der Waals surface area contributed by atoms with Crippen LogP contribution < -0.4 is 0 Å². The second-order valence-corrected chi connectivity index (χ2v) is 4.28. The van der Waals surface area contributed by atoms with E-state index in [2.05, 4.69) is 22.0 Å². The molecule has 0 radical (unpaired) electrons. The Balaban J connectivity index is 1.99. The summed E-state index contributed by atoms with van der Waals surface area (Å²) in [4.78, 5) is 6.70. The van der Waals surface area contributed by atoms with Crippen LogP contribution in [0, 0.1) is 6.92 Å². The van der Waals surface area contributed by atoms with Gasteiger partial charge in [-0.3, -0.25) is 9.88 Å². The van der Waals surface area contributed by atoms with Gasteiger partial charge in [0, 0.05) is 18.8 Å². The lowest BCUT2D eigenvalue weighted by Crippen LogP contribution is -2.31. The van der Waals surface area contributed by atoms with Crippen molar-refractivity contribution in [3.63, 3.8) is 0 Å². The van der Waals surface area contributed by atoms with Gasteiger partial charge in [0.2, 0.25) is 0 Å². The fraction of sp³-hybridized carbons (Fsp3) is 0.583. The van der Waals surface area contributed by atoms with Gasteiger partial charge >= 0.3 is 0 Å². The first-order valence-electron chi connectivity index (χ1n) is 5.56. The van der Waals surface area contributed by atoms with Crippen LogP contribution in [0.2, 0.25) is 0 Å². The molecule has 0 saturated carbocycles. The average Bonchev–Trinajstić information content (AvgIpc) is 2.69. The first-order valence-corrected chi connectivity index (χ1v) is 5.56. The highest BCUT2D eigenvalue weighted by molar-refractivity contribution is 5.12. The molecule has 0 unspecified atom stereocenters. The molecule has 1 saturated heterocycles. The number of hydrogen-bond acceptors (Lipinski definition) is 3. The highest BCUT2D eigenvalue weighted by atomic mass is 16.3. The molecule has 1 aromatic rings. The summed E-state index contributed by atoms with van der Waals surface area (Å²) in [6, 6.07) is 4.50. The summed E-state index contributed by atoms with van der Waals surface area (Å²) in [5, 5.41) is 9.20. The van der Waals surface area contributed by atoms with E-state index in [1.807, 2.05) is 13.1 Å². The van der Waals surface area contributed by atoms with Crippen LogP contribution in [-0.2, 0) is 6.54 Å². The van der Waals surface area contributed by atoms with Crippen molar-refractivity contribution >= 4 is 0 Å². The van der Waals surface area contributed by atoms with Gasteiger partial charge in [-0.2, -0.15) is 0 Å². The lowest BCUT2D eigenvalue weighted by atomic mass is 10.2. The zero-order chi connectivity index (χ0) is 10.7. The minimum absolute atomic E-state index is 0.270. The Morgan fingerprint density at radius 1 is 1.53 bits per heavy atom. The quantitative estimate of drug-likeness (QED) is 0.811. The Morgan fingerprint density at radius 2 is 2.40 bits per heavy atom. The summed E-state index contributed by atoms with van der Waals surface area (Å²) >= 11 is 0. The number of rotatable bonds is 3. The van der Waals surface area contributed by atoms with Crippen molar-refractivity contribution < 1.29 is 5.11 Å². The molecular weight excluding hydrogens is 188 g/mol. The second kappa shape index (κ2) is 4.73. The van der Waals surface area contributed by atoms with Crippen LogP contribution in [0.5, 0.6) is 0 Å². The molecule has 2 rings (SSSR count). The summed E-state index contributed by atoms with van der Waals surface area (Å²) in [6.07, 6.45) is 4.21. The van der Waals surface area contributed by atoms with Gasteiger partial charge < -0.3 is 5.11 Å². The molecule has 82 valence electrons. The Kier molecular flexibility index (Phi) is 3.34. The fourth-order valence-electron chi connectivity index (χ4n) is 2.11. The number of hydrogen-bond donors (Lipinski definition) is 1. The Hall–Kier alpha value is -0.930. The van der Waals surface area contributed by atoms with E-state index in [0.29, 0.717) is 6.04 Å². The van der Waals surface area contributed by atoms with Crippen LogP contribution in [-0.4, -0.2) is 34.2 Å². The van der Waals surface area contributed by atoms with E-state index in [1.54, 1.807) is 0 Å². The van der Waals surface area contributed by atoms with Crippen molar-refractivity contribution in [3.8, 4) is 0 Å². The molecule has 1 aliphatic heterocycles. The van der Waals surface area contributed by atoms with Crippen LogP contribution in [0.1, 0.15) is 24.1 Å². The van der Waals surface area contributed by atoms with E-state index >= 15 is 0 Å². The summed E-state index contributed by atoms with van der Waals surface area (Å²) in [5.74, 6) is 0. The first kappa shape index (κ1) is 10.6. The zero-order valence-electron chi connectivity index (χ0n) is 9.19. The normalized spacial score (nSPS) is 22.1. The van der Waals surface area contributed by atoms with Crippen LogP contribution >= 0.6 is 0 Å². The van der Waals surface area contributed by atoms with Crippen molar-refractivity contribution in [2.75, 3.05) is 13.2 Å². The lowest BCUT2D eigenvalue weighted by molar-refractivity contribution is 0.152. The summed E-state index contributed by atoms with van der Waals surface area (Å²) in [6.45, 7) is 4.27. The van der Waals surface area contributed by atoms with Gasteiger partial charge in [-0.05, 0) is 37.9 Å². The Labute approximate surface area is 90.8 Å². The topological polar surface area (TPSA) is 36.4 Å². The van der Waals surface area contributed by atoms with Crippen molar-refractivity contribution in [1.82, 2.24) is 9.88 Å². The molecule has 0 spiro atoms. The van der Waals surface area contributed by atoms with Crippen LogP contribution in [0.25, 0.3) is 0 Å². The molecular formula is C12H18N2O. The molecule has 1 atom stereocenters. The minimum atomic E-state index is 0.270. The van der Waals surface area contributed by atoms with Gasteiger partial charge in [-0.15, -0.1) is 0 Å². The number of likely N-dealkylation sites (tertiary alicyclic amines) is 1.